The third kappa shape index (κ3) is 11.3. The summed E-state index contributed by atoms with van der Waals surface area (Å²) in [6.45, 7) is 2.25. The summed E-state index contributed by atoms with van der Waals surface area (Å²) in [7, 11) is 0. The van der Waals surface area contributed by atoms with Crippen molar-refractivity contribution in [2.75, 3.05) is 11.5 Å². The van der Waals surface area contributed by atoms with Gasteiger partial charge >= 0.3 is 12.1 Å². The molecule has 1 aromatic carbocycles. The van der Waals surface area contributed by atoms with E-state index in [0.29, 0.717) is 0 Å². The van der Waals surface area contributed by atoms with Crippen molar-refractivity contribution >= 4 is 23.4 Å². The molecule has 0 bridgehead atoms. The summed E-state index contributed by atoms with van der Waals surface area (Å²) in [6.07, 6.45) is 1.93. The minimum atomic E-state index is -4.86. The lowest BCUT2D eigenvalue weighted by molar-refractivity contribution is -0.169. The molecule has 0 aliphatic carbocycles. The smallest absolute Gasteiger partial charge is 0.399 e. The van der Waals surface area contributed by atoms with Crippen molar-refractivity contribution in [1.82, 2.24) is 0 Å². The van der Waals surface area contributed by atoms with Gasteiger partial charge in [-0.1, -0.05) is 32.6 Å². The number of anilines is 1. The Morgan fingerprint density at radius 3 is 2.05 bits per heavy atom. The molecule has 22 heavy (non-hydrogen) atoms. The molecule has 1 aromatic rings. The Morgan fingerprint density at radius 2 is 1.59 bits per heavy atom. The largest absolute Gasteiger partial charge is 0.470 e. The van der Waals surface area contributed by atoms with E-state index in [1.807, 2.05) is 23.9 Å². The van der Waals surface area contributed by atoms with Gasteiger partial charge in [-0.2, -0.15) is 13.2 Å². The average molecular weight is 336 g/mol. The highest BCUT2D eigenvalue weighted by atomic mass is 32.2. The van der Waals surface area contributed by atoms with Crippen LogP contribution >= 0.6 is 11.8 Å². The number of alkyl halides is 3. The molecule has 0 aliphatic rings. The zero-order valence-electron chi connectivity index (χ0n) is 12.7. The Bertz CT molecular complexity index is 422. The van der Waals surface area contributed by atoms with Crippen molar-refractivity contribution in [1.29, 1.82) is 0 Å². The Hall–Kier alpha value is -1.37. The van der Waals surface area contributed by atoms with E-state index >= 15 is 0 Å². The first-order chi connectivity index (χ1) is 10.3. The molecular weight excluding hydrogens is 313 g/mol. The summed E-state index contributed by atoms with van der Waals surface area (Å²) in [4.78, 5) is 10.5. The second-order valence-corrected chi connectivity index (χ2v) is 5.86. The topological polar surface area (TPSA) is 69.1 Å². The third-order valence-electron chi connectivity index (χ3n) is 2.68. The van der Waals surface area contributed by atoms with Crippen molar-refractivity contribution in [3.05, 3.63) is 24.3 Å². The molecule has 0 saturated heterocycles. The number of unbranched alkanes of at least 4 members (excludes halogenated alkanes) is 4. The molecule has 0 unspecified atom stereocenters. The fraction of sp³-hybridized carbons (Fsp3) is 0.533. The summed E-state index contributed by atoms with van der Waals surface area (Å²) in [6, 6.07) is 8.15. The van der Waals surface area contributed by atoms with Crippen molar-refractivity contribution in [2.24, 2.45) is 5.73 Å². The predicted octanol–water partition coefficient (Wildman–Crippen LogP) is 4.37. The highest BCUT2D eigenvalue weighted by Gasteiger charge is 2.35. The van der Waals surface area contributed by atoms with Gasteiger partial charge in [0, 0.05) is 10.6 Å². The molecule has 1 amide bonds. The monoisotopic (exact) mass is 336 g/mol. The number of rotatable bonds is 7. The molecule has 0 saturated carbocycles. The maximum absolute atomic E-state index is 10.7. The summed E-state index contributed by atoms with van der Waals surface area (Å²) in [5, 5.41) is 0. The highest BCUT2D eigenvalue weighted by molar-refractivity contribution is 7.99. The Morgan fingerprint density at radius 1 is 1.09 bits per heavy atom. The van der Waals surface area contributed by atoms with Gasteiger partial charge in [0.05, 0.1) is 0 Å². The fourth-order valence-electron chi connectivity index (χ4n) is 1.46. The highest BCUT2D eigenvalue weighted by Crippen LogP contribution is 2.20. The summed E-state index contributed by atoms with van der Waals surface area (Å²) < 4.78 is 32.1. The number of thioether (sulfide) groups is 1. The van der Waals surface area contributed by atoms with Gasteiger partial charge in [0.25, 0.3) is 0 Å². The third-order valence-corrected chi connectivity index (χ3v) is 3.77. The van der Waals surface area contributed by atoms with Crippen LogP contribution in [-0.2, 0) is 4.79 Å². The molecule has 0 atom stereocenters. The fourth-order valence-corrected chi connectivity index (χ4v) is 2.37. The van der Waals surface area contributed by atoms with E-state index in [4.69, 9.17) is 10.5 Å². The lowest BCUT2D eigenvalue weighted by Gasteiger charge is -2.02. The van der Waals surface area contributed by atoms with Crippen LogP contribution in [0.25, 0.3) is 0 Å². The Labute approximate surface area is 133 Å². The van der Waals surface area contributed by atoms with E-state index in [-0.39, 0.29) is 0 Å². The number of carbonyl (C=O) groups is 1. The standard InChI is InChI=1S/C13H21NS.C2H2F3NO/c1-2-3-4-5-6-11-15-13-9-7-12(14)8-10-13;3-2(4,5)1(6)7/h7-10H,2-6,11,14H2,1H3;(H2,6,7). The zero-order valence-corrected chi connectivity index (χ0v) is 13.5. The van der Waals surface area contributed by atoms with Gasteiger partial charge in [-0.25, -0.2) is 0 Å². The molecule has 4 N–H and O–H groups in total. The number of amides is 1. The minimum absolute atomic E-state index is 0.849. The summed E-state index contributed by atoms with van der Waals surface area (Å²) in [5.74, 6) is -1.03. The van der Waals surface area contributed by atoms with Crippen LogP contribution in [0.4, 0.5) is 18.9 Å². The summed E-state index contributed by atoms with van der Waals surface area (Å²) >= 11 is 1.93. The van der Waals surface area contributed by atoms with Gasteiger partial charge in [-0.3, -0.25) is 4.79 Å². The number of benzene rings is 1. The van der Waals surface area contributed by atoms with Crippen LogP contribution < -0.4 is 11.5 Å². The number of hydrogen-bond donors (Lipinski definition) is 2. The first-order valence-electron chi connectivity index (χ1n) is 7.12. The van der Waals surface area contributed by atoms with Crippen LogP contribution in [-0.4, -0.2) is 17.8 Å². The quantitative estimate of drug-likeness (QED) is 0.441. The van der Waals surface area contributed by atoms with Crippen molar-refractivity contribution < 1.29 is 18.0 Å². The first kappa shape index (κ1) is 20.6. The molecular formula is C15H23F3N2OS. The molecule has 0 radical (unpaired) electrons. The number of nitrogens with two attached hydrogens (primary N) is 2. The zero-order chi connectivity index (χ0) is 17.0. The number of carbonyl (C=O) groups excluding carboxylic acids is 1. The maximum Gasteiger partial charge on any atom is 0.470 e. The molecule has 3 nitrogen and oxygen atoms in total. The molecule has 0 fully saturated rings. The number of hydrogen-bond acceptors (Lipinski definition) is 3. The Balaban J connectivity index is 0.000000534. The molecule has 0 spiro atoms. The number of halogens is 3. The lowest BCUT2D eigenvalue weighted by Crippen LogP contribution is -2.30. The number of nitrogen functional groups attached to an aromatic ring is 1. The first-order valence-corrected chi connectivity index (χ1v) is 8.11. The minimum Gasteiger partial charge on any atom is -0.399 e. The van der Waals surface area contributed by atoms with Gasteiger partial charge in [-0.05, 0) is 36.4 Å². The van der Waals surface area contributed by atoms with Gasteiger partial charge in [0.2, 0.25) is 0 Å². The molecule has 0 aliphatic heterocycles. The van der Waals surface area contributed by atoms with Crippen LogP contribution in [0.5, 0.6) is 0 Å². The van der Waals surface area contributed by atoms with E-state index in [0.717, 1.165) is 5.69 Å². The molecule has 0 aromatic heterocycles. The molecule has 7 heteroatoms. The van der Waals surface area contributed by atoms with Gasteiger partial charge in [0.15, 0.2) is 0 Å². The normalized spacial score (nSPS) is 10.7. The van der Waals surface area contributed by atoms with E-state index in [1.54, 1.807) is 0 Å². The van der Waals surface area contributed by atoms with Gasteiger partial charge in [-0.15, -0.1) is 11.8 Å². The Kier molecular flexibility index (Phi) is 10.5. The predicted molar refractivity (Wildman–Crippen MR) is 85.6 cm³/mol. The van der Waals surface area contributed by atoms with Gasteiger partial charge in [0.1, 0.15) is 0 Å². The van der Waals surface area contributed by atoms with Crippen molar-refractivity contribution in [3.8, 4) is 0 Å². The van der Waals surface area contributed by atoms with E-state index in [2.05, 4.69) is 24.8 Å². The van der Waals surface area contributed by atoms with Crippen molar-refractivity contribution in [3.63, 3.8) is 0 Å². The van der Waals surface area contributed by atoms with Crippen molar-refractivity contribution in [2.45, 2.75) is 50.1 Å². The van der Waals surface area contributed by atoms with E-state index in [9.17, 15) is 13.2 Å². The SMILES string of the molecule is CCCCCCCSc1ccc(N)cc1.NC(=O)C(F)(F)F. The second kappa shape index (κ2) is 11.2. The van der Waals surface area contributed by atoms with Crippen LogP contribution in [0, 0.1) is 0 Å². The molecule has 0 heterocycles. The van der Waals surface area contributed by atoms with Crippen LogP contribution in [0.2, 0.25) is 0 Å². The van der Waals surface area contributed by atoms with E-state index < -0.39 is 12.1 Å². The van der Waals surface area contributed by atoms with Crippen LogP contribution in [0.15, 0.2) is 29.2 Å². The lowest BCUT2D eigenvalue weighted by atomic mass is 10.2. The maximum atomic E-state index is 10.7. The molecule has 126 valence electrons. The molecule has 1 rings (SSSR count). The second-order valence-electron chi connectivity index (χ2n) is 4.69. The van der Waals surface area contributed by atoms with E-state index in [1.165, 1.54) is 42.8 Å². The average Bonchev–Trinajstić information content (AvgIpc) is 2.44. The van der Waals surface area contributed by atoms with Gasteiger partial charge < -0.3 is 11.5 Å². The van der Waals surface area contributed by atoms with Crippen LogP contribution in [0.1, 0.15) is 39.0 Å². The van der Waals surface area contributed by atoms with Crippen LogP contribution in [0.3, 0.4) is 0 Å². The summed E-state index contributed by atoms with van der Waals surface area (Å²) in [5.41, 5.74) is 10.3. The number of primary amides is 1.